The minimum atomic E-state index is -0.157. The Hall–Kier alpha value is -1.93. The van der Waals surface area contributed by atoms with Crippen molar-refractivity contribution in [1.82, 2.24) is 15.2 Å². The zero-order valence-electron chi connectivity index (χ0n) is 9.68. The van der Waals surface area contributed by atoms with Crippen molar-refractivity contribution in [3.8, 4) is 6.07 Å². The summed E-state index contributed by atoms with van der Waals surface area (Å²) in [4.78, 5) is 17.6. The van der Waals surface area contributed by atoms with E-state index < -0.39 is 0 Å². The fourth-order valence-corrected chi connectivity index (χ4v) is 1.93. The summed E-state index contributed by atoms with van der Waals surface area (Å²) in [6, 6.07) is 5.61. The average molecular weight is 230 g/mol. The van der Waals surface area contributed by atoms with E-state index >= 15 is 0 Å². The molecule has 0 bridgehead atoms. The van der Waals surface area contributed by atoms with Crippen molar-refractivity contribution in [2.45, 2.75) is 19.5 Å². The molecule has 0 spiro atoms. The third-order valence-corrected chi connectivity index (χ3v) is 3.00. The highest BCUT2D eigenvalue weighted by molar-refractivity contribution is 5.81. The molecule has 1 unspecified atom stereocenters. The van der Waals surface area contributed by atoms with Crippen LogP contribution < -0.4 is 5.32 Å². The average Bonchev–Trinajstić information content (AvgIpc) is 2.35. The molecule has 1 aromatic rings. The second kappa shape index (κ2) is 4.93. The zero-order valence-corrected chi connectivity index (χ0v) is 9.68. The van der Waals surface area contributed by atoms with E-state index in [1.807, 2.05) is 19.1 Å². The highest BCUT2D eigenvalue weighted by Crippen LogP contribution is 2.12. The van der Waals surface area contributed by atoms with Crippen molar-refractivity contribution in [3.05, 3.63) is 29.6 Å². The van der Waals surface area contributed by atoms with Gasteiger partial charge in [-0.05, 0) is 13.0 Å². The van der Waals surface area contributed by atoms with Crippen LogP contribution in [-0.4, -0.2) is 34.9 Å². The molecule has 5 nitrogen and oxygen atoms in total. The maximum Gasteiger partial charge on any atom is 0.237 e. The second-order valence-corrected chi connectivity index (χ2v) is 4.06. The fraction of sp³-hybridized carbons (Fsp3) is 0.417. The maximum absolute atomic E-state index is 11.5. The van der Waals surface area contributed by atoms with E-state index in [0.717, 1.165) is 12.1 Å². The lowest BCUT2D eigenvalue weighted by atomic mass is 10.1. The number of carbonyl (C=O) groups is 1. The van der Waals surface area contributed by atoms with Gasteiger partial charge in [0.2, 0.25) is 5.91 Å². The highest BCUT2D eigenvalue weighted by Gasteiger charge is 2.25. The highest BCUT2D eigenvalue weighted by atomic mass is 16.2. The summed E-state index contributed by atoms with van der Waals surface area (Å²) in [5, 5.41) is 11.8. The van der Waals surface area contributed by atoms with Crippen molar-refractivity contribution in [3.63, 3.8) is 0 Å². The standard InChI is InChI=1S/C12H14N4O/c1-9-12(17)15-5-6-16(9)8-10-3-2-4-14-11(10)7-13/h2-4,9H,5-6,8H2,1H3,(H,15,17). The van der Waals surface area contributed by atoms with E-state index in [9.17, 15) is 4.79 Å². The summed E-state index contributed by atoms with van der Waals surface area (Å²) in [5.74, 6) is 0.0404. The molecule has 1 aliphatic heterocycles. The van der Waals surface area contributed by atoms with Gasteiger partial charge in [0.05, 0.1) is 6.04 Å². The summed E-state index contributed by atoms with van der Waals surface area (Å²) >= 11 is 0. The van der Waals surface area contributed by atoms with Crippen LogP contribution >= 0.6 is 0 Å². The predicted octanol–water partition coefficient (Wildman–Crippen LogP) is 0.274. The van der Waals surface area contributed by atoms with Gasteiger partial charge in [0, 0.05) is 31.4 Å². The molecule has 2 rings (SSSR count). The Labute approximate surface area is 100 Å². The molecule has 1 saturated heterocycles. The molecular weight excluding hydrogens is 216 g/mol. The number of rotatable bonds is 2. The Morgan fingerprint density at radius 2 is 2.53 bits per heavy atom. The van der Waals surface area contributed by atoms with Gasteiger partial charge in [0.15, 0.2) is 0 Å². The molecule has 1 fully saturated rings. The lowest BCUT2D eigenvalue weighted by Crippen LogP contribution is -2.53. The van der Waals surface area contributed by atoms with Crippen molar-refractivity contribution >= 4 is 5.91 Å². The van der Waals surface area contributed by atoms with Gasteiger partial charge in [0.25, 0.3) is 0 Å². The molecule has 1 atom stereocenters. The Balaban J connectivity index is 2.15. The van der Waals surface area contributed by atoms with Gasteiger partial charge in [-0.15, -0.1) is 0 Å². The van der Waals surface area contributed by atoms with Crippen LogP contribution in [0.4, 0.5) is 0 Å². The third-order valence-electron chi connectivity index (χ3n) is 3.00. The molecule has 88 valence electrons. The first-order chi connectivity index (χ1) is 8.22. The number of nitrogens with zero attached hydrogens (tertiary/aromatic N) is 3. The molecule has 0 aliphatic carbocycles. The van der Waals surface area contributed by atoms with Crippen LogP contribution in [0.5, 0.6) is 0 Å². The van der Waals surface area contributed by atoms with E-state index in [-0.39, 0.29) is 11.9 Å². The molecule has 17 heavy (non-hydrogen) atoms. The first kappa shape index (κ1) is 11.6. The minimum absolute atomic E-state index is 0.0404. The molecule has 2 heterocycles. The molecule has 1 aromatic heterocycles. The molecule has 1 aliphatic rings. The van der Waals surface area contributed by atoms with E-state index in [1.165, 1.54) is 0 Å². The zero-order chi connectivity index (χ0) is 12.3. The van der Waals surface area contributed by atoms with Crippen molar-refractivity contribution < 1.29 is 4.79 Å². The number of amides is 1. The van der Waals surface area contributed by atoms with Crippen LogP contribution in [0.2, 0.25) is 0 Å². The topological polar surface area (TPSA) is 69.0 Å². The van der Waals surface area contributed by atoms with E-state index in [2.05, 4.69) is 21.3 Å². The summed E-state index contributed by atoms with van der Waals surface area (Å²) < 4.78 is 0. The van der Waals surface area contributed by atoms with Crippen LogP contribution in [0.25, 0.3) is 0 Å². The summed E-state index contributed by atoms with van der Waals surface area (Å²) in [6.45, 7) is 3.92. The van der Waals surface area contributed by atoms with Crippen molar-refractivity contribution in [2.75, 3.05) is 13.1 Å². The van der Waals surface area contributed by atoms with Crippen LogP contribution in [0.15, 0.2) is 18.3 Å². The molecule has 0 radical (unpaired) electrons. The fourth-order valence-electron chi connectivity index (χ4n) is 1.93. The lowest BCUT2D eigenvalue weighted by Gasteiger charge is -2.32. The van der Waals surface area contributed by atoms with Gasteiger partial charge in [-0.3, -0.25) is 9.69 Å². The quantitative estimate of drug-likeness (QED) is 0.792. The van der Waals surface area contributed by atoms with Crippen molar-refractivity contribution in [2.24, 2.45) is 0 Å². The van der Waals surface area contributed by atoms with Crippen LogP contribution in [0.3, 0.4) is 0 Å². The van der Waals surface area contributed by atoms with Crippen molar-refractivity contribution in [1.29, 1.82) is 5.26 Å². The van der Waals surface area contributed by atoms with E-state index in [0.29, 0.717) is 18.8 Å². The lowest BCUT2D eigenvalue weighted by molar-refractivity contribution is -0.128. The Morgan fingerprint density at radius 1 is 1.71 bits per heavy atom. The largest absolute Gasteiger partial charge is 0.353 e. The molecule has 0 saturated carbocycles. The number of carbonyl (C=O) groups excluding carboxylic acids is 1. The summed E-state index contributed by atoms with van der Waals surface area (Å²) in [6.07, 6.45) is 1.61. The second-order valence-electron chi connectivity index (χ2n) is 4.06. The summed E-state index contributed by atoms with van der Waals surface area (Å²) in [7, 11) is 0. The molecular formula is C12H14N4O. The molecule has 5 heteroatoms. The predicted molar refractivity (Wildman–Crippen MR) is 61.8 cm³/mol. The van der Waals surface area contributed by atoms with Crippen LogP contribution in [-0.2, 0) is 11.3 Å². The Morgan fingerprint density at radius 3 is 3.29 bits per heavy atom. The first-order valence-electron chi connectivity index (χ1n) is 5.58. The van der Waals surface area contributed by atoms with Gasteiger partial charge in [-0.25, -0.2) is 4.98 Å². The van der Waals surface area contributed by atoms with Gasteiger partial charge < -0.3 is 5.32 Å². The third kappa shape index (κ3) is 2.43. The number of nitrogens with one attached hydrogen (secondary N) is 1. The van der Waals surface area contributed by atoms with Gasteiger partial charge in [0.1, 0.15) is 11.8 Å². The number of piperazine rings is 1. The van der Waals surface area contributed by atoms with Gasteiger partial charge in [-0.1, -0.05) is 6.07 Å². The minimum Gasteiger partial charge on any atom is -0.353 e. The number of aromatic nitrogens is 1. The number of pyridine rings is 1. The van der Waals surface area contributed by atoms with E-state index in [1.54, 1.807) is 6.20 Å². The normalized spacial score (nSPS) is 20.7. The Bertz CT molecular complexity index is 466. The molecule has 0 aromatic carbocycles. The monoisotopic (exact) mass is 230 g/mol. The number of hydrogen-bond donors (Lipinski definition) is 1. The smallest absolute Gasteiger partial charge is 0.237 e. The Kier molecular flexibility index (Phi) is 3.35. The van der Waals surface area contributed by atoms with Gasteiger partial charge in [-0.2, -0.15) is 5.26 Å². The van der Waals surface area contributed by atoms with Crippen LogP contribution in [0.1, 0.15) is 18.2 Å². The van der Waals surface area contributed by atoms with E-state index in [4.69, 9.17) is 5.26 Å². The number of nitriles is 1. The van der Waals surface area contributed by atoms with Crippen LogP contribution in [0, 0.1) is 11.3 Å². The molecule has 1 N–H and O–H groups in total. The SMILES string of the molecule is CC1C(=O)NCCN1Cc1cccnc1C#N. The molecule has 1 amide bonds. The maximum atomic E-state index is 11.5. The number of hydrogen-bond acceptors (Lipinski definition) is 4. The summed E-state index contributed by atoms with van der Waals surface area (Å²) in [5.41, 5.74) is 1.31. The van der Waals surface area contributed by atoms with Gasteiger partial charge >= 0.3 is 0 Å². The first-order valence-corrected chi connectivity index (χ1v) is 5.58.